The summed E-state index contributed by atoms with van der Waals surface area (Å²) < 4.78 is 0. The maximum atomic E-state index is 11.8. The molecule has 1 aliphatic heterocycles. The van der Waals surface area contributed by atoms with Gasteiger partial charge in [0.05, 0.1) is 11.0 Å². The van der Waals surface area contributed by atoms with Crippen LogP contribution in [-0.2, 0) is 9.59 Å². The lowest BCUT2D eigenvalue weighted by atomic mass is 9.89. The Morgan fingerprint density at radius 3 is 2.38 bits per heavy atom. The topological polar surface area (TPSA) is 77.8 Å². The first kappa shape index (κ1) is 13.0. The van der Waals surface area contributed by atoms with Gasteiger partial charge in [-0.05, 0) is 27.2 Å². The first-order chi connectivity index (χ1) is 7.14. The van der Waals surface area contributed by atoms with Crippen LogP contribution < -0.4 is 0 Å². The summed E-state index contributed by atoms with van der Waals surface area (Å²) in [5, 5.41) is 18.6. The van der Waals surface area contributed by atoms with Crippen molar-refractivity contribution in [3.05, 3.63) is 0 Å². The van der Waals surface area contributed by atoms with E-state index in [-0.39, 0.29) is 12.3 Å². The highest BCUT2D eigenvalue weighted by Crippen LogP contribution is 2.26. The molecule has 1 unspecified atom stereocenters. The molecule has 1 aliphatic rings. The minimum Gasteiger partial charge on any atom is -0.481 e. The number of carbonyl (C=O) groups is 2. The van der Waals surface area contributed by atoms with Crippen LogP contribution in [0.15, 0.2) is 0 Å². The van der Waals surface area contributed by atoms with Crippen LogP contribution in [0.1, 0.15) is 33.6 Å². The van der Waals surface area contributed by atoms with Gasteiger partial charge in [0.25, 0.3) is 0 Å². The predicted molar refractivity (Wildman–Crippen MR) is 57.9 cm³/mol. The van der Waals surface area contributed by atoms with Crippen molar-refractivity contribution in [3.8, 4) is 0 Å². The van der Waals surface area contributed by atoms with Gasteiger partial charge in [0.2, 0.25) is 5.91 Å². The van der Waals surface area contributed by atoms with Crippen LogP contribution in [0, 0.1) is 5.41 Å². The maximum Gasteiger partial charge on any atom is 0.309 e. The van der Waals surface area contributed by atoms with Gasteiger partial charge in [0.15, 0.2) is 0 Å². The molecular weight excluding hydrogens is 210 g/mol. The van der Waals surface area contributed by atoms with Crippen molar-refractivity contribution in [2.45, 2.75) is 39.2 Å². The van der Waals surface area contributed by atoms with E-state index in [0.717, 1.165) is 0 Å². The lowest BCUT2D eigenvalue weighted by Gasteiger charge is -2.24. The Hall–Kier alpha value is -1.10. The highest BCUT2D eigenvalue weighted by molar-refractivity contribution is 5.84. The first-order valence-electron chi connectivity index (χ1n) is 5.38. The Bertz CT molecular complexity index is 309. The Morgan fingerprint density at radius 1 is 1.44 bits per heavy atom. The zero-order chi connectivity index (χ0) is 12.6. The fraction of sp³-hybridized carbons (Fsp3) is 0.818. The molecule has 0 aromatic rings. The van der Waals surface area contributed by atoms with Crippen LogP contribution in [0.4, 0.5) is 0 Å². The zero-order valence-corrected chi connectivity index (χ0v) is 9.99. The van der Waals surface area contributed by atoms with Gasteiger partial charge in [-0.2, -0.15) is 0 Å². The maximum absolute atomic E-state index is 11.8. The molecule has 5 nitrogen and oxygen atoms in total. The average Bonchev–Trinajstić information content (AvgIpc) is 2.45. The van der Waals surface area contributed by atoms with Crippen molar-refractivity contribution < 1.29 is 19.8 Å². The number of carboxylic acids is 1. The molecule has 1 heterocycles. The van der Waals surface area contributed by atoms with E-state index in [0.29, 0.717) is 19.5 Å². The van der Waals surface area contributed by atoms with Gasteiger partial charge >= 0.3 is 5.97 Å². The molecule has 0 aromatic heterocycles. The van der Waals surface area contributed by atoms with Crippen LogP contribution >= 0.6 is 0 Å². The fourth-order valence-corrected chi connectivity index (χ4v) is 1.72. The van der Waals surface area contributed by atoms with E-state index >= 15 is 0 Å². The number of rotatable bonds is 3. The second kappa shape index (κ2) is 4.05. The summed E-state index contributed by atoms with van der Waals surface area (Å²) in [6.45, 7) is 5.54. The van der Waals surface area contributed by atoms with Crippen LogP contribution in [0.5, 0.6) is 0 Å². The molecule has 1 saturated heterocycles. The van der Waals surface area contributed by atoms with Gasteiger partial charge in [-0.15, -0.1) is 0 Å². The summed E-state index contributed by atoms with van der Waals surface area (Å²) in [5.41, 5.74) is -1.88. The molecule has 1 amide bonds. The summed E-state index contributed by atoms with van der Waals surface area (Å²) in [6.07, 6.45) is 0.519. The largest absolute Gasteiger partial charge is 0.481 e. The van der Waals surface area contributed by atoms with Gasteiger partial charge < -0.3 is 15.1 Å². The van der Waals surface area contributed by atoms with Crippen molar-refractivity contribution in [2.24, 2.45) is 5.41 Å². The van der Waals surface area contributed by atoms with E-state index in [2.05, 4.69) is 0 Å². The molecule has 5 heteroatoms. The van der Waals surface area contributed by atoms with Crippen LogP contribution in [0.25, 0.3) is 0 Å². The molecule has 0 bridgehead atoms. The minimum absolute atomic E-state index is 0.0294. The average molecular weight is 229 g/mol. The van der Waals surface area contributed by atoms with Crippen molar-refractivity contribution >= 4 is 11.9 Å². The summed E-state index contributed by atoms with van der Waals surface area (Å²) in [7, 11) is 0. The molecule has 92 valence electrons. The molecule has 1 fully saturated rings. The van der Waals surface area contributed by atoms with Crippen molar-refractivity contribution in [3.63, 3.8) is 0 Å². The molecule has 0 aromatic carbocycles. The number of amides is 1. The first-order valence-corrected chi connectivity index (χ1v) is 5.38. The van der Waals surface area contributed by atoms with E-state index in [1.54, 1.807) is 6.92 Å². The smallest absolute Gasteiger partial charge is 0.309 e. The lowest BCUT2D eigenvalue weighted by Crippen LogP contribution is -2.38. The van der Waals surface area contributed by atoms with Gasteiger partial charge in [-0.1, -0.05) is 0 Å². The number of likely N-dealkylation sites (tertiary alicyclic amines) is 1. The SMILES string of the molecule is CC1(O)CCN(C(=O)CC(C)(C)C(=O)O)C1. The van der Waals surface area contributed by atoms with E-state index in [9.17, 15) is 14.7 Å². The third kappa shape index (κ3) is 2.95. The highest BCUT2D eigenvalue weighted by atomic mass is 16.4. The number of nitrogens with zero attached hydrogens (tertiary/aromatic N) is 1. The summed E-state index contributed by atoms with van der Waals surface area (Å²) in [5.74, 6) is -1.18. The number of aliphatic hydroxyl groups is 1. The summed E-state index contributed by atoms with van der Waals surface area (Å²) in [6, 6.07) is 0. The van der Waals surface area contributed by atoms with Gasteiger partial charge in [-0.3, -0.25) is 9.59 Å². The van der Waals surface area contributed by atoms with Crippen molar-refractivity contribution in [2.75, 3.05) is 13.1 Å². The number of aliphatic carboxylic acids is 1. The predicted octanol–water partition coefficient (Wildman–Crippen LogP) is 0.471. The van der Waals surface area contributed by atoms with Gasteiger partial charge in [-0.25, -0.2) is 0 Å². The number of hydrogen-bond donors (Lipinski definition) is 2. The summed E-state index contributed by atoms with van der Waals surface area (Å²) in [4.78, 5) is 24.2. The Kier molecular flexibility index (Phi) is 3.28. The molecule has 0 radical (unpaired) electrons. The third-order valence-corrected chi connectivity index (χ3v) is 2.98. The number of β-amino-alcohol motifs (C(OH)–C–C–N with tert-alkyl or cyclic N) is 1. The Morgan fingerprint density at radius 2 is 2.00 bits per heavy atom. The van der Waals surface area contributed by atoms with Crippen LogP contribution in [0.2, 0.25) is 0 Å². The monoisotopic (exact) mass is 229 g/mol. The fourth-order valence-electron chi connectivity index (χ4n) is 1.72. The normalized spacial score (nSPS) is 25.9. The molecular formula is C11H19NO4. The second-order valence-corrected chi connectivity index (χ2v) is 5.43. The zero-order valence-electron chi connectivity index (χ0n) is 9.99. The molecule has 2 N–H and O–H groups in total. The van der Waals surface area contributed by atoms with E-state index < -0.39 is 17.0 Å². The van der Waals surface area contributed by atoms with E-state index in [1.165, 1.54) is 18.7 Å². The second-order valence-electron chi connectivity index (χ2n) is 5.43. The van der Waals surface area contributed by atoms with Crippen LogP contribution in [-0.4, -0.2) is 45.7 Å². The minimum atomic E-state index is -1.05. The molecule has 1 atom stereocenters. The number of carboxylic acid groups (broad SMARTS) is 1. The third-order valence-electron chi connectivity index (χ3n) is 2.98. The Balaban J connectivity index is 2.58. The molecule has 0 spiro atoms. The van der Waals surface area contributed by atoms with Crippen molar-refractivity contribution in [1.82, 2.24) is 4.90 Å². The number of hydrogen-bond acceptors (Lipinski definition) is 3. The number of carbonyl (C=O) groups excluding carboxylic acids is 1. The van der Waals surface area contributed by atoms with E-state index in [1.807, 2.05) is 0 Å². The standard InChI is InChI=1S/C11H19NO4/c1-10(2,9(14)15)6-8(13)12-5-4-11(3,16)7-12/h16H,4-7H2,1-3H3,(H,14,15). The molecule has 1 rings (SSSR count). The van der Waals surface area contributed by atoms with Crippen molar-refractivity contribution in [1.29, 1.82) is 0 Å². The lowest BCUT2D eigenvalue weighted by molar-refractivity contribution is -0.151. The Labute approximate surface area is 95.1 Å². The quantitative estimate of drug-likeness (QED) is 0.737. The summed E-state index contributed by atoms with van der Waals surface area (Å²) >= 11 is 0. The van der Waals surface area contributed by atoms with Gasteiger partial charge in [0, 0.05) is 19.5 Å². The highest BCUT2D eigenvalue weighted by Gasteiger charge is 2.37. The van der Waals surface area contributed by atoms with Crippen LogP contribution in [0.3, 0.4) is 0 Å². The molecule has 16 heavy (non-hydrogen) atoms. The van der Waals surface area contributed by atoms with E-state index in [4.69, 9.17) is 5.11 Å². The molecule has 0 aliphatic carbocycles. The molecule has 0 saturated carbocycles. The van der Waals surface area contributed by atoms with Gasteiger partial charge in [0.1, 0.15) is 0 Å².